The van der Waals surface area contributed by atoms with E-state index in [9.17, 15) is 19.6 Å². The number of ether oxygens (including phenoxy) is 1. The number of hydrogen-bond donors (Lipinski definition) is 1. The smallest absolute Gasteiger partial charge is 0.349 e. The van der Waals surface area contributed by atoms with Crippen molar-refractivity contribution >= 4 is 39.8 Å². The minimum absolute atomic E-state index is 0.0892. The van der Waals surface area contributed by atoms with Gasteiger partial charge in [0.05, 0.1) is 11.5 Å². The number of rotatable bonds is 4. The molecular weight excluding hydrogens is 402 g/mol. The molecule has 1 aliphatic rings. The lowest BCUT2D eigenvalue weighted by Gasteiger charge is -2.19. The van der Waals surface area contributed by atoms with Gasteiger partial charge in [-0.1, -0.05) is 18.2 Å². The first-order valence-electron chi connectivity index (χ1n) is 9.54. The number of nitriles is 1. The van der Waals surface area contributed by atoms with Crippen molar-refractivity contribution in [2.75, 3.05) is 16.8 Å². The summed E-state index contributed by atoms with van der Waals surface area (Å²) >= 11 is 1.02. The molecule has 3 rings (SSSR count). The van der Waals surface area contributed by atoms with Gasteiger partial charge in [0.1, 0.15) is 21.5 Å². The molecule has 2 aromatic rings. The first-order valence-corrected chi connectivity index (χ1v) is 10.4. The van der Waals surface area contributed by atoms with Crippen LogP contribution in [0.2, 0.25) is 0 Å². The minimum Gasteiger partial charge on any atom is -0.456 e. The SMILES string of the molecule is Cc1c(C(=O)OC(C)(C)C)sc(NC(=O)C2CC(=O)N(c3ccccc3)C2)c1C#N. The molecule has 0 radical (unpaired) electrons. The maximum absolute atomic E-state index is 12.8. The van der Waals surface area contributed by atoms with Gasteiger partial charge >= 0.3 is 5.97 Å². The van der Waals surface area contributed by atoms with Crippen molar-refractivity contribution in [2.24, 2.45) is 5.92 Å². The molecule has 8 heteroatoms. The average Bonchev–Trinajstić information content (AvgIpc) is 3.21. The molecule has 30 heavy (non-hydrogen) atoms. The van der Waals surface area contributed by atoms with Crippen molar-refractivity contribution in [3.8, 4) is 6.07 Å². The summed E-state index contributed by atoms with van der Waals surface area (Å²) in [6.45, 7) is 7.20. The number of hydrogen-bond acceptors (Lipinski definition) is 6. The second kappa shape index (κ2) is 8.28. The maximum Gasteiger partial charge on any atom is 0.349 e. The van der Waals surface area contributed by atoms with E-state index in [4.69, 9.17) is 4.74 Å². The zero-order valence-electron chi connectivity index (χ0n) is 17.3. The quantitative estimate of drug-likeness (QED) is 0.750. The first kappa shape index (κ1) is 21.5. The van der Waals surface area contributed by atoms with E-state index in [1.807, 2.05) is 30.3 Å². The third-order valence-corrected chi connectivity index (χ3v) is 5.83. The number of nitrogens with zero attached hydrogens (tertiary/aromatic N) is 2. The molecule has 2 heterocycles. The van der Waals surface area contributed by atoms with E-state index in [0.717, 1.165) is 17.0 Å². The molecule has 7 nitrogen and oxygen atoms in total. The second-order valence-corrected chi connectivity index (χ2v) is 9.12. The lowest BCUT2D eigenvalue weighted by Crippen LogP contribution is -2.28. The molecule has 1 N–H and O–H groups in total. The summed E-state index contributed by atoms with van der Waals surface area (Å²) in [4.78, 5) is 39.5. The van der Waals surface area contributed by atoms with Crippen LogP contribution in [0, 0.1) is 24.2 Å². The van der Waals surface area contributed by atoms with Crippen LogP contribution in [-0.4, -0.2) is 29.9 Å². The van der Waals surface area contributed by atoms with Crippen molar-refractivity contribution in [1.82, 2.24) is 0 Å². The van der Waals surface area contributed by atoms with E-state index >= 15 is 0 Å². The fourth-order valence-electron chi connectivity index (χ4n) is 3.21. The van der Waals surface area contributed by atoms with Crippen LogP contribution in [-0.2, 0) is 14.3 Å². The molecule has 1 fully saturated rings. The van der Waals surface area contributed by atoms with Crippen LogP contribution in [0.25, 0.3) is 0 Å². The molecule has 156 valence electrons. The summed E-state index contributed by atoms with van der Waals surface area (Å²) in [6.07, 6.45) is 0.0892. The Morgan fingerprint density at radius 2 is 1.93 bits per heavy atom. The van der Waals surface area contributed by atoms with Crippen LogP contribution >= 0.6 is 11.3 Å². The Bertz CT molecular complexity index is 1030. The molecular formula is C22H23N3O4S. The summed E-state index contributed by atoms with van der Waals surface area (Å²) < 4.78 is 5.40. The molecule has 0 bridgehead atoms. The van der Waals surface area contributed by atoms with E-state index < -0.39 is 17.5 Å². The molecule has 0 aliphatic carbocycles. The van der Waals surface area contributed by atoms with Gasteiger partial charge in [0.2, 0.25) is 11.8 Å². The van der Waals surface area contributed by atoms with E-state index in [2.05, 4.69) is 11.4 Å². The fourth-order valence-corrected chi connectivity index (χ4v) is 4.25. The second-order valence-electron chi connectivity index (χ2n) is 8.10. The Labute approximate surface area is 179 Å². The molecule has 1 unspecified atom stereocenters. The number of benzene rings is 1. The van der Waals surface area contributed by atoms with Gasteiger partial charge in [0.25, 0.3) is 0 Å². The molecule has 1 aromatic heterocycles. The summed E-state index contributed by atoms with van der Waals surface area (Å²) in [5.74, 6) is -1.56. The van der Waals surface area contributed by atoms with E-state index in [-0.39, 0.29) is 35.2 Å². The van der Waals surface area contributed by atoms with E-state index in [1.54, 1.807) is 32.6 Å². The number of nitrogens with one attached hydrogen (secondary N) is 1. The Kier molecular flexibility index (Phi) is 5.94. The minimum atomic E-state index is -0.672. The van der Waals surface area contributed by atoms with E-state index in [0.29, 0.717) is 10.6 Å². The van der Waals surface area contributed by atoms with Crippen LogP contribution in [0.4, 0.5) is 10.7 Å². The van der Waals surface area contributed by atoms with Crippen molar-refractivity contribution < 1.29 is 19.1 Å². The molecule has 0 saturated carbocycles. The topological polar surface area (TPSA) is 99.5 Å². The van der Waals surface area contributed by atoms with Crippen LogP contribution in [0.5, 0.6) is 0 Å². The Hall–Kier alpha value is -3.18. The van der Waals surface area contributed by atoms with Crippen LogP contribution in [0.3, 0.4) is 0 Å². The highest BCUT2D eigenvalue weighted by atomic mass is 32.1. The van der Waals surface area contributed by atoms with Gasteiger partial charge < -0.3 is 15.0 Å². The highest BCUT2D eigenvalue weighted by Gasteiger charge is 2.36. The first-order chi connectivity index (χ1) is 14.1. The van der Waals surface area contributed by atoms with Crippen LogP contribution in [0.1, 0.15) is 48.0 Å². The van der Waals surface area contributed by atoms with Gasteiger partial charge in [-0.3, -0.25) is 9.59 Å². The predicted octanol–water partition coefficient (Wildman–Crippen LogP) is 3.88. The number of carbonyl (C=O) groups is 3. The van der Waals surface area contributed by atoms with Gasteiger partial charge in [-0.25, -0.2) is 4.79 Å². The van der Waals surface area contributed by atoms with Crippen LogP contribution in [0.15, 0.2) is 30.3 Å². The lowest BCUT2D eigenvalue weighted by molar-refractivity contribution is -0.122. The van der Waals surface area contributed by atoms with Crippen LogP contribution < -0.4 is 10.2 Å². The van der Waals surface area contributed by atoms with Crippen molar-refractivity contribution in [3.05, 3.63) is 46.3 Å². The molecule has 1 aromatic carbocycles. The Morgan fingerprint density at radius 1 is 1.27 bits per heavy atom. The summed E-state index contributed by atoms with van der Waals surface area (Å²) in [7, 11) is 0. The molecule has 0 spiro atoms. The zero-order chi connectivity index (χ0) is 22.1. The van der Waals surface area contributed by atoms with Crippen molar-refractivity contribution in [3.63, 3.8) is 0 Å². The number of amides is 2. The Morgan fingerprint density at radius 3 is 2.53 bits per heavy atom. The number of anilines is 2. The van der Waals surface area contributed by atoms with Gasteiger partial charge in [0, 0.05) is 18.7 Å². The molecule has 2 amide bonds. The predicted molar refractivity (Wildman–Crippen MR) is 114 cm³/mol. The van der Waals surface area contributed by atoms with Gasteiger partial charge in [-0.15, -0.1) is 11.3 Å². The third-order valence-electron chi connectivity index (χ3n) is 4.64. The largest absolute Gasteiger partial charge is 0.456 e. The molecule has 1 aliphatic heterocycles. The third kappa shape index (κ3) is 4.52. The van der Waals surface area contributed by atoms with Crippen molar-refractivity contribution in [1.29, 1.82) is 5.26 Å². The number of carbonyl (C=O) groups excluding carboxylic acids is 3. The highest BCUT2D eigenvalue weighted by Crippen LogP contribution is 2.35. The summed E-state index contributed by atoms with van der Waals surface area (Å²) in [5, 5.41) is 12.6. The molecule has 1 atom stereocenters. The number of para-hydroxylation sites is 1. The van der Waals surface area contributed by atoms with E-state index in [1.165, 1.54) is 0 Å². The standard InChI is InChI=1S/C22H23N3O4S/c1-13-16(11-23)20(30-18(13)21(28)29-22(2,3)4)24-19(27)14-10-17(26)25(12-14)15-8-6-5-7-9-15/h5-9,14H,10,12H2,1-4H3,(H,24,27). The molecule has 1 saturated heterocycles. The van der Waals surface area contributed by atoms with Gasteiger partial charge in [0.15, 0.2) is 0 Å². The maximum atomic E-state index is 12.8. The van der Waals surface area contributed by atoms with Gasteiger partial charge in [-0.05, 0) is 45.4 Å². The van der Waals surface area contributed by atoms with Gasteiger partial charge in [-0.2, -0.15) is 5.26 Å². The summed E-state index contributed by atoms with van der Waals surface area (Å²) in [6, 6.07) is 11.2. The normalized spacial score (nSPS) is 16.3. The Balaban J connectivity index is 1.77. The summed E-state index contributed by atoms with van der Waals surface area (Å²) in [5.41, 5.74) is 0.781. The highest BCUT2D eigenvalue weighted by molar-refractivity contribution is 7.18. The monoisotopic (exact) mass is 425 g/mol. The van der Waals surface area contributed by atoms with Crippen molar-refractivity contribution in [2.45, 2.75) is 39.7 Å². The average molecular weight is 426 g/mol. The fraction of sp³-hybridized carbons (Fsp3) is 0.364. The lowest BCUT2D eigenvalue weighted by atomic mass is 10.1. The zero-order valence-corrected chi connectivity index (χ0v) is 18.1. The number of thiophene rings is 1. The number of esters is 1.